The highest BCUT2D eigenvalue weighted by atomic mass is 35.5. The van der Waals surface area contributed by atoms with Crippen LogP contribution in [-0.4, -0.2) is 43.2 Å². The maximum Gasteiger partial charge on any atom is 0.242 e. The lowest BCUT2D eigenvalue weighted by Crippen LogP contribution is -2.53. The Hall–Kier alpha value is -0.810. The Balaban J connectivity index is 0.00000147. The molecule has 1 aromatic rings. The number of morpholine rings is 1. The minimum absolute atomic E-state index is 0. The van der Waals surface area contributed by atoms with E-state index in [1.54, 1.807) is 0 Å². The number of ether oxygens (including phenoxy) is 1. The van der Waals surface area contributed by atoms with Crippen LogP contribution < -0.4 is 5.32 Å². The average molecular weight is 317 g/mol. The lowest BCUT2D eigenvalue weighted by Gasteiger charge is -2.33. The number of nitrogens with one attached hydrogen (secondary N) is 1. The van der Waals surface area contributed by atoms with Gasteiger partial charge in [-0.05, 0) is 23.6 Å². The van der Waals surface area contributed by atoms with Crippen molar-refractivity contribution < 1.29 is 9.53 Å². The number of hydrogen-bond donors (Lipinski definition) is 1. The molecule has 20 heavy (non-hydrogen) atoms. The summed E-state index contributed by atoms with van der Waals surface area (Å²) in [5, 5.41) is 4.02. The molecule has 0 saturated carbocycles. The van der Waals surface area contributed by atoms with Crippen molar-refractivity contribution in [2.24, 2.45) is 0 Å². The van der Waals surface area contributed by atoms with Crippen LogP contribution in [0.25, 0.3) is 0 Å². The first-order valence-corrected chi connectivity index (χ1v) is 6.99. The van der Waals surface area contributed by atoms with Gasteiger partial charge in [0.25, 0.3) is 0 Å². The number of hydrogen-bond acceptors (Lipinski definition) is 3. The zero-order chi connectivity index (χ0) is 13.2. The summed E-state index contributed by atoms with van der Waals surface area (Å²) in [7, 11) is 0. The van der Waals surface area contributed by atoms with Crippen LogP contribution in [-0.2, 0) is 22.5 Å². The number of rotatable bonds is 1. The molecule has 0 bridgehead atoms. The van der Waals surface area contributed by atoms with E-state index in [2.05, 4.69) is 5.32 Å². The molecule has 0 aromatic heterocycles. The smallest absolute Gasteiger partial charge is 0.242 e. The first-order valence-electron chi connectivity index (χ1n) is 6.62. The van der Waals surface area contributed by atoms with Gasteiger partial charge < -0.3 is 15.0 Å². The molecule has 2 aliphatic heterocycles. The van der Waals surface area contributed by atoms with Crippen LogP contribution in [0.5, 0.6) is 0 Å². The molecule has 0 radical (unpaired) electrons. The molecule has 0 spiro atoms. The van der Waals surface area contributed by atoms with Crippen molar-refractivity contribution in [3.63, 3.8) is 0 Å². The lowest BCUT2D eigenvalue weighted by molar-refractivity contribution is -0.137. The lowest BCUT2D eigenvalue weighted by atomic mass is 9.99. The van der Waals surface area contributed by atoms with Crippen LogP contribution in [0.4, 0.5) is 0 Å². The molecule has 1 atom stereocenters. The first-order chi connectivity index (χ1) is 9.25. The van der Waals surface area contributed by atoms with Crippen molar-refractivity contribution in [3.8, 4) is 0 Å². The van der Waals surface area contributed by atoms with Gasteiger partial charge in [-0.3, -0.25) is 4.79 Å². The standard InChI is InChI=1S/C14H17ClN2O2.ClH/c15-12-3-1-2-10-8-17(6-4-11(10)12)14(18)13-9-19-7-5-16-13;/h1-3,13,16H,4-9H2;1H. The van der Waals surface area contributed by atoms with Gasteiger partial charge in [0.1, 0.15) is 6.04 Å². The summed E-state index contributed by atoms with van der Waals surface area (Å²) < 4.78 is 5.35. The van der Waals surface area contributed by atoms with Crippen molar-refractivity contribution in [3.05, 3.63) is 34.3 Å². The summed E-state index contributed by atoms with van der Waals surface area (Å²) in [6.07, 6.45) is 0.828. The Morgan fingerprint density at radius 1 is 1.45 bits per heavy atom. The third-order valence-corrected chi connectivity index (χ3v) is 4.09. The largest absolute Gasteiger partial charge is 0.378 e. The number of carbonyl (C=O) groups is 1. The fourth-order valence-corrected chi connectivity index (χ4v) is 2.98. The summed E-state index contributed by atoms with van der Waals surface area (Å²) in [5.74, 6) is 0.130. The third kappa shape index (κ3) is 3.09. The number of fused-ring (bicyclic) bond motifs is 1. The van der Waals surface area contributed by atoms with Gasteiger partial charge in [0, 0.05) is 24.7 Å². The quantitative estimate of drug-likeness (QED) is 0.856. The molecule has 6 heteroatoms. The molecule has 110 valence electrons. The van der Waals surface area contributed by atoms with Gasteiger partial charge in [-0.1, -0.05) is 23.7 Å². The molecule has 2 heterocycles. The monoisotopic (exact) mass is 316 g/mol. The van der Waals surface area contributed by atoms with Gasteiger partial charge in [-0.25, -0.2) is 0 Å². The SMILES string of the molecule is Cl.O=C(C1COCCN1)N1CCc2c(Cl)cccc2C1. The van der Waals surface area contributed by atoms with Crippen LogP contribution in [0.2, 0.25) is 5.02 Å². The number of amides is 1. The molecule has 0 aliphatic carbocycles. The first kappa shape index (κ1) is 15.6. The molecule has 1 N–H and O–H groups in total. The topological polar surface area (TPSA) is 41.6 Å². The Morgan fingerprint density at radius 3 is 3.05 bits per heavy atom. The minimum atomic E-state index is -0.200. The van der Waals surface area contributed by atoms with Gasteiger partial charge in [0.2, 0.25) is 5.91 Å². The van der Waals surface area contributed by atoms with Gasteiger partial charge in [-0.15, -0.1) is 12.4 Å². The molecule has 4 nitrogen and oxygen atoms in total. The fourth-order valence-electron chi connectivity index (χ4n) is 2.70. The van der Waals surface area contributed by atoms with Crippen molar-refractivity contribution in [1.29, 1.82) is 0 Å². The predicted octanol–water partition coefficient (Wildman–Crippen LogP) is 1.63. The van der Waals surface area contributed by atoms with Crippen LogP contribution in [0, 0.1) is 0 Å². The van der Waals surface area contributed by atoms with Crippen LogP contribution in [0.3, 0.4) is 0 Å². The van der Waals surface area contributed by atoms with Crippen LogP contribution in [0.15, 0.2) is 18.2 Å². The van der Waals surface area contributed by atoms with E-state index in [1.165, 1.54) is 5.56 Å². The zero-order valence-electron chi connectivity index (χ0n) is 11.1. The maximum absolute atomic E-state index is 12.4. The van der Waals surface area contributed by atoms with Gasteiger partial charge in [0.05, 0.1) is 13.2 Å². The summed E-state index contributed by atoms with van der Waals surface area (Å²) in [6.45, 7) is 3.27. The van der Waals surface area contributed by atoms with Crippen LogP contribution in [0.1, 0.15) is 11.1 Å². The van der Waals surface area contributed by atoms with Crippen molar-refractivity contribution >= 4 is 29.9 Å². The second-order valence-corrected chi connectivity index (χ2v) is 5.38. The molecule has 1 fully saturated rings. The summed E-state index contributed by atoms with van der Waals surface area (Å²) in [4.78, 5) is 14.3. The second-order valence-electron chi connectivity index (χ2n) is 4.97. The number of halogens is 2. The average Bonchev–Trinajstić information content (AvgIpc) is 2.47. The fraction of sp³-hybridized carbons (Fsp3) is 0.500. The van der Waals surface area contributed by atoms with E-state index in [1.807, 2.05) is 23.1 Å². The van der Waals surface area contributed by atoms with E-state index < -0.39 is 0 Å². The zero-order valence-corrected chi connectivity index (χ0v) is 12.7. The molecule has 1 aromatic carbocycles. The van der Waals surface area contributed by atoms with Crippen LogP contribution >= 0.6 is 24.0 Å². The molecular weight excluding hydrogens is 299 g/mol. The molecular formula is C14H18Cl2N2O2. The minimum Gasteiger partial charge on any atom is -0.378 e. The highest BCUT2D eigenvalue weighted by molar-refractivity contribution is 6.31. The Kier molecular flexibility index (Phi) is 5.27. The number of carbonyl (C=O) groups excluding carboxylic acids is 1. The van der Waals surface area contributed by atoms with E-state index in [-0.39, 0.29) is 24.4 Å². The predicted molar refractivity (Wildman–Crippen MR) is 80.4 cm³/mol. The van der Waals surface area contributed by atoms with Gasteiger partial charge in [-0.2, -0.15) is 0 Å². The number of benzene rings is 1. The Bertz CT molecular complexity index is 490. The molecule has 1 amide bonds. The molecule has 1 saturated heterocycles. The number of nitrogens with zero attached hydrogens (tertiary/aromatic N) is 1. The van der Waals surface area contributed by atoms with Gasteiger partial charge >= 0.3 is 0 Å². The Morgan fingerprint density at radius 2 is 2.30 bits per heavy atom. The second kappa shape index (κ2) is 6.76. The van der Waals surface area contributed by atoms with Crippen molar-refractivity contribution in [2.75, 3.05) is 26.3 Å². The van der Waals surface area contributed by atoms with Gasteiger partial charge in [0.15, 0.2) is 0 Å². The molecule has 2 aliphatic rings. The van der Waals surface area contributed by atoms with E-state index >= 15 is 0 Å². The Labute approximate surface area is 129 Å². The van der Waals surface area contributed by atoms with E-state index in [0.717, 1.165) is 30.1 Å². The normalized spacial score (nSPS) is 21.9. The summed E-state index contributed by atoms with van der Waals surface area (Å²) in [5.41, 5.74) is 2.34. The highest BCUT2D eigenvalue weighted by Crippen LogP contribution is 2.26. The van der Waals surface area contributed by atoms with Crippen molar-refractivity contribution in [2.45, 2.75) is 19.0 Å². The molecule has 1 unspecified atom stereocenters. The summed E-state index contributed by atoms with van der Waals surface area (Å²) in [6, 6.07) is 5.70. The third-order valence-electron chi connectivity index (χ3n) is 3.74. The van der Waals surface area contributed by atoms with E-state index in [4.69, 9.17) is 16.3 Å². The van der Waals surface area contributed by atoms with E-state index in [0.29, 0.717) is 19.8 Å². The highest BCUT2D eigenvalue weighted by Gasteiger charge is 2.29. The van der Waals surface area contributed by atoms with E-state index in [9.17, 15) is 4.79 Å². The maximum atomic E-state index is 12.4. The van der Waals surface area contributed by atoms with Crippen molar-refractivity contribution in [1.82, 2.24) is 10.2 Å². The molecule has 3 rings (SSSR count). The summed E-state index contributed by atoms with van der Waals surface area (Å²) >= 11 is 6.18.